The zero-order valence-corrected chi connectivity index (χ0v) is 12.1. The Labute approximate surface area is 119 Å². The van der Waals surface area contributed by atoms with E-state index in [1.165, 1.54) is 12.8 Å². The Bertz CT molecular complexity index is 586. The smallest absolute Gasteiger partial charge is 0.151 e. The maximum Gasteiger partial charge on any atom is 0.151 e. The first-order valence-corrected chi connectivity index (χ1v) is 7.43. The number of hydrogen-bond donors (Lipinski definition) is 1. The van der Waals surface area contributed by atoms with Gasteiger partial charge in [0.2, 0.25) is 0 Å². The average Bonchev–Trinajstić information content (AvgIpc) is 3.22. The van der Waals surface area contributed by atoms with Crippen LogP contribution in [-0.2, 0) is 19.4 Å². The Hall–Kier alpha value is -1.75. The standard InChI is InChI=1S/C15H21N5/c1-3-14-18-15(4-2)20(19-14)13-7-8-16-12(9-13)10-17-11-5-6-11/h7-9,11,17H,3-6,10H2,1-2H3. The van der Waals surface area contributed by atoms with Gasteiger partial charge in [0.25, 0.3) is 0 Å². The van der Waals surface area contributed by atoms with Gasteiger partial charge in [0.15, 0.2) is 5.82 Å². The first-order valence-electron chi connectivity index (χ1n) is 7.43. The van der Waals surface area contributed by atoms with E-state index < -0.39 is 0 Å². The van der Waals surface area contributed by atoms with Gasteiger partial charge < -0.3 is 5.32 Å². The summed E-state index contributed by atoms with van der Waals surface area (Å²) in [6, 6.07) is 4.79. The molecular formula is C15H21N5. The number of nitrogens with zero attached hydrogens (tertiary/aromatic N) is 4. The molecule has 106 valence electrons. The zero-order valence-electron chi connectivity index (χ0n) is 12.1. The molecule has 0 amide bonds. The van der Waals surface area contributed by atoms with Gasteiger partial charge in [-0.2, -0.15) is 5.10 Å². The lowest BCUT2D eigenvalue weighted by Crippen LogP contribution is -2.16. The number of hydrogen-bond acceptors (Lipinski definition) is 4. The van der Waals surface area contributed by atoms with E-state index in [1.807, 2.05) is 16.9 Å². The second-order valence-corrected chi connectivity index (χ2v) is 5.22. The Morgan fingerprint density at radius 2 is 2.15 bits per heavy atom. The second kappa shape index (κ2) is 5.71. The highest BCUT2D eigenvalue weighted by molar-refractivity contribution is 5.32. The number of pyridine rings is 1. The molecule has 3 rings (SSSR count). The highest BCUT2D eigenvalue weighted by atomic mass is 15.3. The Kier molecular flexibility index (Phi) is 3.78. The lowest BCUT2D eigenvalue weighted by molar-refractivity contribution is 0.672. The van der Waals surface area contributed by atoms with Crippen LogP contribution in [0.2, 0.25) is 0 Å². The van der Waals surface area contributed by atoms with Crippen LogP contribution in [0.3, 0.4) is 0 Å². The van der Waals surface area contributed by atoms with Crippen LogP contribution in [0.4, 0.5) is 0 Å². The lowest BCUT2D eigenvalue weighted by Gasteiger charge is -2.07. The van der Waals surface area contributed by atoms with Gasteiger partial charge >= 0.3 is 0 Å². The van der Waals surface area contributed by atoms with E-state index in [0.29, 0.717) is 6.04 Å². The summed E-state index contributed by atoms with van der Waals surface area (Å²) in [4.78, 5) is 8.98. The third-order valence-electron chi connectivity index (χ3n) is 3.54. The molecule has 2 aromatic rings. The fraction of sp³-hybridized carbons (Fsp3) is 0.533. The van der Waals surface area contributed by atoms with Crippen LogP contribution < -0.4 is 5.32 Å². The summed E-state index contributed by atoms with van der Waals surface area (Å²) in [5.41, 5.74) is 2.11. The predicted octanol–water partition coefficient (Wildman–Crippen LogP) is 2.04. The van der Waals surface area contributed by atoms with Gasteiger partial charge in [-0.3, -0.25) is 4.98 Å². The van der Waals surface area contributed by atoms with Crippen LogP contribution >= 0.6 is 0 Å². The van der Waals surface area contributed by atoms with Crippen molar-refractivity contribution in [3.05, 3.63) is 35.7 Å². The summed E-state index contributed by atoms with van der Waals surface area (Å²) in [6.45, 7) is 5.02. The summed E-state index contributed by atoms with van der Waals surface area (Å²) in [7, 11) is 0. The molecule has 0 aromatic carbocycles. The zero-order chi connectivity index (χ0) is 13.9. The van der Waals surface area contributed by atoms with Crippen LogP contribution in [-0.4, -0.2) is 25.8 Å². The molecule has 0 spiro atoms. The maximum atomic E-state index is 4.58. The van der Waals surface area contributed by atoms with Crippen molar-refractivity contribution in [2.45, 2.75) is 52.1 Å². The molecule has 2 aromatic heterocycles. The molecule has 0 atom stereocenters. The molecule has 1 aliphatic carbocycles. The third-order valence-corrected chi connectivity index (χ3v) is 3.54. The molecule has 0 unspecified atom stereocenters. The maximum absolute atomic E-state index is 4.58. The highest BCUT2D eigenvalue weighted by Gasteiger charge is 2.20. The summed E-state index contributed by atoms with van der Waals surface area (Å²) >= 11 is 0. The van der Waals surface area contributed by atoms with Crippen molar-refractivity contribution in [1.82, 2.24) is 25.1 Å². The van der Waals surface area contributed by atoms with Gasteiger partial charge in [0, 0.05) is 31.6 Å². The SMILES string of the molecule is CCc1nc(CC)n(-c2ccnc(CNC3CC3)c2)n1. The lowest BCUT2D eigenvalue weighted by atomic mass is 10.3. The normalized spacial score (nSPS) is 14.7. The van der Waals surface area contributed by atoms with Crippen molar-refractivity contribution >= 4 is 0 Å². The first-order chi connectivity index (χ1) is 9.80. The number of nitrogens with one attached hydrogen (secondary N) is 1. The third kappa shape index (κ3) is 2.88. The first kappa shape index (κ1) is 13.2. The van der Waals surface area contributed by atoms with E-state index in [-0.39, 0.29) is 0 Å². The molecule has 5 nitrogen and oxygen atoms in total. The molecule has 1 saturated carbocycles. The van der Waals surface area contributed by atoms with Gasteiger partial charge in [-0.05, 0) is 25.0 Å². The van der Waals surface area contributed by atoms with Crippen molar-refractivity contribution in [2.75, 3.05) is 0 Å². The Balaban J connectivity index is 1.84. The van der Waals surface area contributed by atoms with Crippen LogP contribution in [0.5, 0.6) is 0 Å². The summed E-state index contributed by atoms with van der Waals surface area (Å²) < 4.78 is 1.95. The van der Waals surface area contributed by atoms with Crippen molar-refractivity contribution in [3.8, 4) is 5.69 Å². The van der Waals surface area contributed by atoms with E-state index in [0.717, 1.165) is 42.4 Å². The molecule has 1 aliphatic rings. The van der Waals surface area contributed by atoms with E-state index in [1.54, 1.807) is 0 Å². The molecule has 0 radical (unpaired) electrons. The molecule has 1 fully saturated rings. The molecule has 0 aliphatic heterocycles. The minimum absolute atomic E-state index is 0.699. The summed E-state index contributed by atoms with van der Waals surface area (Å²) in [6.07, 6.45) is 6.18. The minimum Gasteiger partial charge on any atom is -0.308 e. The molecule has 0 saturated heterocycles. The van der Waals surface area contributed by atoms with Crippen molar-refractivity contribution in [3.63, 3.8) is 0 Å². The quantitative estimate of drug-likeness (QED) is 0.873. The van der Waals surface area contributed by atoms with Crippen molar-refractivity contribution in [1.29, 1.82) is 0 Å². The largest absolute Gasteiger partial charge is 0.308 e. The Morgan fingerprint density at radius 1 is 1.30 bits per heavy atom. The fourth-order valence-electron chi connectivity index (χ4n) is 2.21. The van der Waals surface area contributed by atoms with Gasteiger partial charge in [-0.15, -0.1) is 0 Å². The molecule has 0 bridgehead atoms. The number of rotatable bonds is 6. The van der Waals surface area contributed by atoms with Crippen LogP contribution in [0.15, 0.2) is 18.3 Å². The molecule has 2 heterocycles. The number of aromatic nitrogens is 4. The van der Waals surface area contributed by atoms with E-state index in [2.05, 4.69) is 40.3 Å². The average molecular weight is 271 g/mol. The monoisotopic (exact) mass is 271 g/mol. The Morgan fingerprint density at radius 3 is 2.85 bits per heavy atom. The summed E-state index contributed by atoms with van der Waals surface area (Å²) in [5.74, 6) is 1.91. The topological polar surface area (TPSA) is 55.6 Å². The number of aryl methyl sites for hydroxylation is 2. The molecule has 1 N–H and O–H groups in total. The molecule has 20 heavy (non-hydrogen) atoms. The van der Waals surface area contributed by atoms with Gasteiger partial charge in [-0.25, -0.2) is 9.67 Å². The molecule has 5 heteroatoms. The van der Waals surface area contributed by atoms with E-state index >= 15 is 0 Å². The van der Waals surface area contributed by atoms with Crippen LogP contribution in [0, 0.1) is 0 Å². The van der Waals surface area contributed by atoms with Crippen molar-refractivity contribution < 1.29 is 0 Å². The van der Waals surface area contributed by atoms with Gasteiger partial charge in [0.05, 0.1) is 11.4 Å². The molecular weight excluding hydrogens is 250 g/mol. The highest BCUT2D eigenvalue weighted by Crippen LogP contribution is 2.19. The van der Waals surface area contributed by atoms with Gasteiger partial charge in [0.1, 0.15) is 5.82 Å². The fourth-order valence-corrected chi connectivity index (χ4v) is 2.21. The predicted molar refractivity (Wildman–Crippen MR) is 77.8 cm³/mol. The van der Waals surface area contributed by atoms with Crippen LogP contribution in [0.1, 0.15) is 44.0 Å². The van der Waals surface area contributed by atoms with E-state index in [9.17, 15) is 0 Å². The van der Waals surface area contributed by atoms with E-state index in [4.69, 9.17) is 0 Å². The summed E-state index contributed by atoms with van der Waals surface area (Å²) in [5, 5.41) is 8.06. The minimum atomic E-state index is 0.699. The van der Waals surface area contributed by atoms with Crippen molar-refractivity contribution in [2.24, 2.45) is 0 Å². The van der Waals surface area contributed by atoms with Crippen LogP contribution in [0.25, 0.3) is 5.69 Å². The second-order valence-electron chi connectivity index (χ2n) is 5.22. The van der Waals surface area contributed by atoms with Gasteiger partial charge in [-0.1, -0.05) is 13.8 Å².